The largest absolute Gasteiger partial charge is 0.310 e. The molecule has 1 unspecified atom stereocenters. The number of nitrogens with one attached hydrogen (secondary N) is 1. The lowest BCUT2D eigenvalue weighted by atomic mass is 10.2. The van der Waals surface area contributed by atoms with Crippen molar-refractivity contribution in [3.8, 4) is 0 Å². The van der Waals surface area contributed by atoms with E-state index >= 15 is 0 Å². The molecule has 0 aliphatic carbocycles. The van der Waals surface area contributed by atoms with Crippen molar-refractivity contribution in [2.45, 2.75) is 6.92 Å². The van der Waals surface area contributed by atoms with E-state index in [4.69, 9.17) is 23.2 Å². The molecule has 0 aliphatic heterocycles. The van der Waals surface area contributed by atoms with Crippen LogP contribution < -0.4 is 5.32 Å². The molecule has 3 nitrogen and oxygen atoms in total. The Morgan fingerprint density at radius 2 is 2.36 bits per heavy atom. The Labute approximate surface area is 92.4 Å². The Balaban J connectivity index is 2.60. The summed E-state index contributed by atoms with van der Waals surface area (Å²) >= 11 is 11.2. The summed E-state index contributed by atoms with van der Waals surface area (Å²) in [5.74, 6) is 0.403. The van der Waals surface area contributed by atoms with Gasteiger partial charge in [-0.25, -0.2) is 4.98 Å². The smallest absolute Gasteiger partial charge is 0.229 e. The molecule has 1 amide bonds. The SMILES string of the molecule is CC(CCl)C(=O)Nc1ccc(Cl)cn1. The van der Waals surface area contributed by atoms with Crippen LogP contribution in [0.2, 0.25) is 5.02 Å². The highest BCUT2D eigenvalue weighted by atomic mass is 35.5. The highest BCUT2D eigenvalue weighted by Crippen LogP contribution is 2.10. The summed E-state index contributed by atoms with van der Waals surface area (Å²) in [6, 6.07) is 3.30. The summed E-state index contributed by atoms with van der Waals surface area (Å²) in [6.07, 6.45) is 1.47. The number of rotatable bonds is 3. The Kier molecular flexibility index (Phi) is 4.17. The van der Waals surface area contributed by atoms with Crippen molar-refractivity contribution in [1.29, 1.82) is 0 Å². The summed E-state index contributed by atoms with van der Waals surface area (Å²) in [5.41, 5.74) is 0. The molecule has 1 aromatic rings. The number of hydrogen-bond acceptors (Lipinski definition) is 2. The van der Waals surface area contributed by atoms with Gasteiger partial charge in [-0.15, -0.1) is 11.6 Å². The molecule has 0 aromatic carbocycles. The van der Waals surface area contributed by atoms with Gasteiger partial charge in [-0.05, 0) is 12.1 Å². The predicted octanol–water partition coefficient (Wildman–Crippen LogP) is 2.55. The lowest BCUT2D eigenvalue weighted by Crippen LogP contribution is -2.21. The molecule has 1 heterocycles. The van der Waals surface area contributed by atoms with E-state index in [0.717, 1.165) is 0 Å². The fraction of sp³-hybridized carbons (Fsp3) is 0.333. The highest BCUT2D eigenvalue weighted by molar-refractivity contribution is 6.30. The monoisotopic (exact) mass is 232 g/mol. The second kappa shape index (κ2) is 5.17. The van der Waals surface area contributed by atoms with Gasteiger partial charge in [0.05, 0.1) is 5.02 Å². The summed E-state index contributed by atoms with van der Waals surface area (Å²) in [7, 11) is 0. The average molecular weight is 233 g/mol. The number of aromatic nitrogens is 1. The Morgan fingerprint density at radius 3 is 2.86 bits per heavy atom. The average Bonchev–Trinajstić information content (AvgIpc) is 2.20. The number of carbonyl (C=O) groups excluding carboxylic acids is 1. The van der Waals surface area contributed by atoms with Crippen LogP contribution in [-0.2, 0) is 4.79 Å². The Bertz CT molecular complexity index is 313. The molecule has 5 heteroatoms. The number of anilines is 1. The van der Waals surface area contributed by atoms with E-state index in [-0.39, 0.29) is 11.8 Å². The van der Waals surface area contributed by atoms with Crippen LogP contribution in [-0.4, -0.2) is 16.8 Å². The second-order valence-electron chi connectivity index (χ2n) is 2.91. The molecule has 1 atom stereocenters. The number of pyridine rings is 1. The van der Waals surface area contributed by atoms with E-state index in [0.29, 0.717) is 16.7 Å². The maximum Gasteiger partial charge on any atom is 0.229 e. The van der Waals surface area contributed by atoms with Gasteiger partial charge in [-0.2, -0.15) is 0 Å². The van der Waals surface area contributed by atoms with Gasteiger partial charge < -0.3 is 5.32 Å². The molecular formula is C9H10Cl2N2O. The Hall–Kier alpha value is -0.800. The number of carbonyl (C=O) groups is 1. The van der Waals surface area contributed by atoms with Crippen LogP contribution in [0.4, 0.5) is 5.82 Å². The third kappa shape index (κ3) is 3.16. The molecule has 14 heavy (non-hydrogen) atoms. The third-order valence-corrected chi connectivity index (χ3v) is 2.34. The van der Waals surface area contributed by atoms with E-state index in [1.54, 1.807) is 19.1 Å². The fourth-order valence-electron chi connectivity index (χ4n) is 0.769. The molecule has 0 radical (unpaired) electrons. The molecule has 0 spiro atoms. The van der Waals surface area contributed by atoms with Crippen LogP contribution >= 0.6 is 23.2 Å². The van der Waals surface area contributed by atoms with Crippen molar-refractivity contribution < 1.29 is 4.79 Å². The maximum atomic E-state index is 11.4. The van der Waals surface area contributed by atoms with Gasteiger partial charge in [0.2, 0.25) is 5.91 Å². The van der Waals surface area contributed by atoms with Gasteiger partial charge in [0.25, 0.3) is 0 Å². The first-order valence-corrected chi connectivity index (χ1v) is 5.03. The topological polar surface area (TPSA) is 42.0 Å². The minimum atomic E-state index is -0.228. The summed E-state index contributed by atoms with van der Waals surface area (Å²) in [4.78, 5) is 15.3. The van der Waals surface area contributed by atoms with Crippen molar-refractivity contribution in [3.05, 3.63) is 23.4 Å². The molecule has 0 saturated heterocycles. The molecule has 0 bridgehead atoms. The molecule has 0 saturated carbocycles. The number of halogens is 2. The minimum absolute atomic E-state index is 0.144. The van der Waals surface area contributed by atoms with Crippen LogP contribution in [0.15, 0.2) is 18.3 Å². The van der Waals surface area contributed by atoms with Crippen molar-refractivity contribution in [1.82, 2.24) is 4.98 Å². The first-order chi connectivity index (χ1) is 6.63. The zero-order valence-corrected chi connectivity index (χ0v) is 9.14. The van der Waals surface area contributed by atoms with Gasteiger partial charge in [0.1, 0.15) is 5.82 Å². The molecule has 0 fully saturated rings. The quantitative estimate of drug-likeness (QED) is 0.815. The van der Waals surface area contributed by atoms with Gasteiger partial charge in [-0.1, -0.05) is 18.5 Å². The molecule has 0 aliphatic rings. The third-order valence-electron chi connectivity index (χ3n) is 1.66. The van der Waals surface area contributed by atoms with E-state index in [1.807, 2.05) is 0 Å². The summed E-state index contributed by atoms with van der Waals surface area (Å²) in [5, 5.41) is 3.16. The first kappa shape index (κ1) is 11.3. The number of amides is 1. The van der Waals surface area contributed by atoms with Gasteiger partial charge in [0, 0.05) is 18.0 Å². The number of hydrogen-bond donors (Lipinski definition) is 1. The Morgan fingerprint density at radius 1 is 1.64 bits per heavy atom. The molecule has 76 valence electrons. The normalized spacial score (nSPS) is 12.2. The zero-order valence-electron chi connectivity index (χ0n) is 7.63. The van der Waals surface area contributed by atoms with Crippen molar-refractivity contribution in [2.75, 3.05) is 11.2 Å². The van der Waals surface area contributed by atoms with E-state index < -0.39 is 0 Å². The van der Waals surface area contributed by atoms with Crippen molar-refractivity contribution >= 4 is 34.9 Å². The van der Waals surface area contributed by atoms with Crippen molar-refractivity contribution in [3.63, 3.8) is 0 Å². The standard InChI is InChI=1S/C9H10Cl2N2O/c1-6(4-10)9(14)13-8-3-2-7(11)5-12-8/h2-3,5-6H,4H2,1H3,(H,12,13,14). The zero-order chi connectivity index (χ0) is 10.6. The fourth-order valence-corrected chi connectivity index (χ4v) is 1.02. The van der Waals surface area contributed by atoms with Gasteiger partial charge in [0.15, 0.2) is 0 Å². The molecular weight excluding hydrogens is 223 g/mol. The van der Waals surface area contributed by atoms with E-state index in [9.17, 15) is 4.79 Å². The summed E-state index contributed by atoms with van der Waals surface area (Å²) in [6.45, 7) is 1.75. The number of nitrogens with zero attached hydrogens (tertiary/aromatic N) is 1. The first-order valence-electron chi connectivity index (χ1n) is 4.12. The maximum absolute atomic E-state index is 11.4. The molecule has 1 aromatic heterocycles. The van der Waals surface area contributed by atoms with Crippen LogP contribution in [0.25, 0.3) is 0 Å². The van der Waals surface area contributed by atoms with Crippen LogP contribution in [0.1, 0.15) is 6.92 Å². The number of alkyl halides is 1. The molecule has 1 N–H and O–H groups in total. The highest BCUT2D eigenvalue weighted by Gasteiger charge is 2.11. The van der Waals surface area contributed by atoms with Gasteiger partial charge >= 0.3 is 0 Å². The van der Waals surface area contributed by atoms with Crippen LogP contribution in [0.3, 0.4) is 0 Å². The minimum Gasteiger partial charge on any atom is -0.310 e. The van der Waals surface area contributed by atoms with Crippen LogP contribution in [0, 0.1) is 5.92 Å². The molecule has 1 rings (SSSR count). The summed E-state index contributed by atoms with van der Waals surface area (Å²) < 4.78 is 0. The van der Waals surface area contributed by atoms with Crippen LogP contribution in [0.5, 0.6) is 0 Å². The van der Waals surface area contributed by atoms with E-state index in [1.165, 1.54) is 6.20 Å². The second-order valence-corrected chi connectivity index (χ2v) is 3.65. The van der Waals surface area contributed by atoms with Crippen molar-refractivity contribution in [2.24, 2.45) is 5.92 Å². The van der Waals surface area contributed by atoms with Gasteiger partial charge in [-0.3, -0.25) is 4.79 Å². The lowest BCUT2D eigenvalue weighted by Gasteiger charge is -2.07. The lowest BCUT2D eigenvalue weighted by molar-refractivity contribution is -0.118. The van der Waals surface area contributed by atoms with E-state index in [2.05, 4.69) is 10.3 Å². The predicted molar refractivity (Wildman–Crippen MR) is 57.8 cm³/mol.